The lowest BCUT2D eigenvalue weighted by Gasteiger charge is -2.08. The Morgan fingerprint density at radius 3 is 2.03 bits per heavy atom. The van der Waals surface area contributed by atoms with Crippen molar-refractivity contribution in [2.45, 2.75) is 6.54 Å². The third-order valence-corrected chi connectivity index (χ3v) is 4.54. The number of carbonyl (C=O) groups is 1. The molecule has 5 heteroatoms. The number of rotatable bonds is 5. The van der Waals surface area contributed by atoms with E-state index >= 15 is 0 Å². The molecule has 1 amide bonds. The molecule has 0 radical (unpaired) electrons. The summed E-state index contributed by atoms with van der Waals surface area (Å²) >= 11 is 0. The number of H-pyrrole nitrogens is 1. The van der Waals surface area contributed by atoms with Gasteiger partial charge in [0.15, 0.2) is 0 Å². The van der Waals surface area contributed by atoms with E-state index in [9.17, 15) is 9.59 Å². The maximum absolute atomic E-state index is 12.5. The first-order chi connectivity index (χ1) is 14.2. The van der Waals surface area contributed by atoms with Crippen LogP contribution in [0.4, 0.5) is 0 Å². The molecule has 3 aromatic carbocycles. The van der Waals surface area contributed by atoms with Crippen LogP contribution in [0.5, 0.6) is 0 Å². The zero-order valence-electron chi connectivity index (χ0n) is 15.6. The van der Waals surface area contributed by atoms with E-state index in [-0.39, 0.29) is 17.2 Å². The van der Waals surface area contributed by atoms with Gasteiger partial charge in [-0.05, 0) is 16.7 Å². The number of hydrogen-bond donors (Lipinski definition) is 2. The number of aromatic nitrogens is 2. The van der Waals surface area contributed by atoms with E-state index in [0.29, 0.717) is 12.4 Å². The Hall–Kier alpha value is -3.99. The summed E-state index contributed by atoms with van der Waals surface area (Å²) in [5.74, 6) is -0.0177. The van der Waals surface area contributed by atoms with Crippen LogP contribution in [0.2, 0.25) is 0 Å². The van der Waals surface area contributed by atoms with Gasteiger partial charge in [-0.25, -0.2) is 4.98 Å². The van der Waals surface area contributed by atoms with Gasteiger partial charge in [0.25, 0.3) is 11.5 Å². The van der Waals surface area contributed by atoms with Crippen LogP contribution < -0.4 is 10.9 Å². The number of hydrogen-bond acceptors (Lipinski definition) is 3. The molecule has 0 bridgehead atoms. The first-order valence-electron chi connectivity index (χ1n) is 9.28. The van der Waals surface area contributed by atoms with Crippen LogP contribution in [-0.2, 0) is 6.54 Å². The first-order valence-corrected chi connectivity index (χ1v) is 9.28. The Morgan fingerprint density at radius 2 is 1.38 bits per heavy atom. The quantitative estimate of drug-likeness (QED) is 0.548. The van der Waals surface area contributed by atoms with E-state index in [2.05, 4.69) is 27.4 Å². The number of benzene rings is 3. The van der Waals surface area contributed by atoms with Crippen molar-refractivity contribution >= 4 is 5.91 Å². The van der Waals surface area contributed by atoms with Gasteiger partial charge in [0.05, 0.1) is 0 Å². The summed E-state index contributed by atoms with van der Waals surface area (Å²) in [6.07, 6.45) is 0. The molecule has 0 spiro atoms. The summed E-state index contributed by atoms with van der Waals surface area (Å²) in [5.41, 5.74) is 3.69. The molecule has 2 N–H and O–H groups in total. The van der Waals surface area contributed by atoms with E-state index in [4.69, 9.17) is 0 Å². The third kappa shape index (κ3) is 4.47. The normalized spacial score (nSPS) is 10.5. The van der Waals surface area contributed by atoms with E-state index < -0.39 is 0 Å². The minimum atomic E-state index is -0.389. The Bertz CT molecular complexity index is 1170. The van der Waals surface area contributed by atoms with Gasteiger partial charge in [0, 0.05) is 18.2 Å². The topological polar surface area (TPSA) is 74.8 Å². The maximum atomic E-state index is 12.5. The summed E-state index contributed by atoms with van der Waals surface area (Å²) in [6, 6.07) is 28.5. The smallest absolute Gasteiger partial charge is 0.270 e. The minimum Gasteiger partial charge on any atom is -0.347 e. The van der Waals surface area contributed by atoms with E-state index in [1.165, 1.54) is 6.07 Å². The van der Waals surface area contributed by atoms with Gasteiger partial charge in [0.1, 0.15) is 11.5 Å². The highest BCUT2D eigenvalue weighted by Gasteiger charge is 2.11. The summed E-state index contributed by atoms with van der Waals surface area (Å²) in [6.45, 7) is 0.350. The van der Waals surface area contributed by atoms with Gasteiger partial charge in [0.2, 0.25) is 0 Å². The van der Waals surface area contributed by atoms with Gasteiger partial charge < -0.3 is 10.3 Å². The standard InChI is InChI=1S/C24H19N3O2/c28-22-15-21(26-23(27-22)20-9-5-2-6-10-20)24(29)25-16-17-11-13-19(14-12-17)18-7-3-1-4-8-18/h1-15H,16H2,(H,25,29)(H,26,27,28). The van der Waals surface area contributed by atoms with Gasteiger partial charge in [-0.3, -0.25) is 9.59 Å². The van der Waals surface area contributed by atoms with E-state index in [0.717, 1.165) is 22.3 Å². The van der Waals surface area contributed by atoms with Crippen molar-refractivity contribution in [3.05, 3.63) is 113 Å². The molecule has 0 unspecified atom stereocenters. The average Bonchev–Trinajstić information content (AvgIpc) is 2.78. The second-order valence-electron chi connectivity index (χ2n) is 6.59. The molecule has 0 aliphatic rings. The van der Waals surface area contributed by atoms with Crippen LogP contribution in [0.1, 0.15) is 16.1 Å². The van der Waals surface area contributed by atoms with Gasteiger partial charge >= 0.3 is 0 Å². The Balaban J connectivity index is 1.46. The van der Waals surface area contributed by atoms with Crippen molar-refractivity contribution in [1.29, 1.82) is 0 Å². The molecule has 5 nitrogen and oxygen atoms in total. The predicted octanol–water partition coefficient (Wildman–Crippen LogP) is 4.03. The molecule has 0 fully saturated rings. The molecule has 1 heterocycles. The van der Waals surface area contributed by atoms with Crippen molar-refractivity contribution in [3.8, 4) is 22.5 Å². The second-order valence-corrected chi connectivity index (χ2v) is 6.59. The lowest BCUT2D eigenvalue weighted by Crippen LogP contribution is -2.26. The van der Waals surface area contributed by atoms with E-state index in [1.807, 2.05) is 72.8 Å². The predicted molar refractivity (Wildman–Crippen MR) is 113 cm³/mol. The lowest BCUT2D eigenvalue weighted by atomic mass is 10.0. The number of nitrogens with zero attached hydrogens (tertiary/aromatic N) is 1. The maximum Gasteiger partial charge on any atom is 0.270 e. The fourth-order valence-electron chi connectivity index (χ4n) is 3.03. The molecule has 0 atom stereocenters. The lowest BCUT2D eigenvalue weighted by molar-refractivity contribution is 0.0945. The number of amides is 1. The molecule has 0 saturated heterocycles. The van der Waals surface area contributed by atoms with Crippen LogP contribution in [0.25, 0.3) is 22.5 Å². The van der Waals surface area contributed by atoms with Crippen LogP contribution in [0.3, 0.4) is 0 Å². The van der Waals surface area contributed by atoms with Crippen molar-refractivity contribution in [2.24, 2.45) is 0 Å². The zero-order valence-corrected chi connectivity index (χ0v) is 15.6. The van der Waals surface area contributed by atoms with E-state index in [1.54, 1.807) is 0 Å². The van der Waals surface area contributed by atoms with Crippen LogP contribution in [-0.4, -0.2) is 15.9 Å². The summed E-state index contributed by atoms with van der Waals surface area (Å²) in [7, 11) is 0. The minimum absolute atomic E-state index is 0.0912. The molecule has 0 saturated carbocycles. The molecule has 29 heavy (non-hydrogen) atoms. The van der Waals surface area contributed by atoms with Crippen LogP contribution in [0, 0.1) is 0 Å². The number of aromatic amines is 1. The molecule has 1 aromatic heterocycles. The van der Waals surface area contributed by atoms with Crippen molar-refractivity contribution in [3.63, 3.8) is 0 Å². The number of carbonyl (C=O) groups excluding carboxylic acids is 1. The van der Waals surface area contributed by atoms with Crippen molar-refractivity contribution in [1.82, 2.24) is 15.3 Å². The fraction of sp³-hybridized carbons (Fsp3) is 0.0417. The molecule has 0 aliphatic carbocycles. The monoisotopic (exact) mass is 381 g/mol. The molecule has 142 valence electrons. The second kappa shape index (κ2) is 8.35. The Kier molecular flexibility index (Phi) is 5.29. The summed E-state index contributed by atoms with van der Waals surface area (Å²) in [4.78, 5) is 31.4. The van der Waals surface area contributed by atoms with Crippen LogP contribution >= 0.6 is 0 Å². The first kappa shape index (κ1) is 18.4. The zero-order chi connectivity index (χ0) is 20.1. The molecule has 4 aromatic rings. The highest BCUT2D eigenvalue weighted by Crippen LogP contribution is 2.19. The average molecular weight is 381 g/mol. The molecule has 4 rings (SSSR count). The highest BCUT2D eigenvalue weighted by molar-refractivity contribution is 5.92. The SMILES string of the molecule is O=C(NCc1ccc(-c2ccccc2)cc1)c1cc(=O)[nH]c(-c2ccccc2)n1. The molecular formula is C24H19N3O2. The molecule has 0 aliphatic heterocycles. The fourth-order valence-corrected chi connectivity index (χ4v) is 3.03. The summed E-state index contributed by atoms with van der Waals surface area (Å²) in [5, 5.41) is 2.83. The largest absolute Gasteiger partial charge is 0.347 e. The summed E-state index contributed by atoms with van der Waals surface area (Å²) < 4.78 is 0. The van der Waals surface area contributed by atoms with Gasteiger partial charge in [-0.15, -0.1) is 0 Å². The van der Waals surface area contributed by atoms with Crippen molar-refractivity contribution in [2.75, 3.05) is 0 Å². The van der Waals surface area contributed by atoms with Gasteiger partial charge in [-0.2, -0.15) is 0 Å². The Morgan fingerprint density at radius 1 is 0.793 bits per heavy atom. The third-order valence-electron chi connectivity index (χ3n) is 4.54. The van der Waals surface area contributed by atoms with Gasteiger partial charge in [-0.1, -0.05) is 84.9 Å². The Labute approximate surface area is 168 Å². The molecular weight excluding hydrogens is 362 g/mol. The highest BCUT2D eigenvalue weighted by atomic mass is 16.2. The van der Waals surface area contributed by atoms with Crippen molar-refractivity contribution < 1.29 is 4.79 Å². The number of nitrogens with one attached hydrogen (secondary N) is 2. The van der Waals surface area contributed by atoms with Crippen LogP contribution in [0.15, 0.2) is 95.8 Å².